The van der Waals surface area contributed by atoms with Gasteiger partial charge in [0.25, 0.3) is 11.8 Å². The van der Waals surface area contributed by atoms with Crippen LogP contribution in [0.3, 0.4) is 0 Å². The third kappa shape index (κ3) is 3.87. The molecule has 0 saturated heterocycles. The number of aryl methyl sites for hydroxylation is 1. The lowest BCUT2D eigenvalue weighted by atomic mass is 10.1. The Balaban J connectivity index is 1.19. The second-order valence-corrected chi connectivity index (χ2v) is 8.80. The van der Waals surface area contributed by atoms with Gasteiger partial charge in [-0.25, -0.2) is 9.97 Å². The molecule has 8 nitrogen and oxygen atoms in total. The Morgan fingerprint density at radius 3 is 2.39 bits per heavy atom. The molecule has 2 aromatic heterocycles. The number of imidazole rings is 2. The minimum absolute atomic E-state index is 0.206. The fraction of sp³-hybridized carbons (Fsp3) is 0.143. The fourth-order valence-corrected chi connectivity index (χ4v) is 4.52. The number of carbonyl (C=O) groups excluding carboxylic acids is 2. The SMILES string of the molecule is Cn1ccnc1COCc1cccc(-n2cnc3cc(CN4C(=O)c5ccccc5C4=O)ccc32)c1. The first-order valence-electron chi connectivity index (χ1n) is 11.6. The smallest absolute Gasteiger partial charge is 0.261 e. The summed E-state index contributed by atoms with van der Waals surface area (Å²) in [7, 11) is 1.95. The number of benzene rings is 3. The maximum Gasteiger partial charge on any atom is 0.261 e. The average molecular weight is 478 g/mol. The van der Waals surface area contributed by atoms with Crippen LogP contribution in [0, 0.1) is 0 Å². The minimum atomic E-state index is -0.261. The highest BCUT2D eigenvalue weighted by Gasteiger charge is 2.35. The van der Waals surface area contributed by atoms with E-state index in [0.29, 0.717) is 24.3 Å². The molecule has 178 valence electrons. The van der Waals surface area contributed by atoms with Crippen LogP contribution < -0.4 is 0 Å². The Kier molecular flexibility index (Phi) is 5.42. The summed E-state index contributed by atoms with van der Waals surface area (Å²) in [6.45, 7) is 1.12. The van der Waals surface area contributed by atoms with Crippen molar-refractivity contribution in [2.75, 3.05) is 0 Å². The lowest BCUT2D eigenvalue weighted by Gasteiger charge is -2.14. The molecule has 6 rings (SSSR count). The van der Waals surface area contributed by atoms with Crippen LogP contribution in [0.4, 0.5) is 0 Å². The van der Waals surface area contributed by atoms with E-state index in [1.165, 1.54) is 4.90 Å². The second kappa shape index (κ2) is 8.90. The van der Waals surface area contributed by atoms with Crippen molar-refractivity contribution in [1.82, 2.24) is 24.0 Å². The molecule has 3 aromatic carbocycles. The zero-order valence-electron chi connectivity index (χ0n) is 19.7. The van der Waals surface area contributed by atoms with Crippen LogP contribution in [-0.4, -0.2) is 35.8 Å². The number of fused-ring (bicyclic) bond motifs is 2. The van der Waals surface area contributed by atoms with Crippen molar-refractivity contribution in [3.05, 3.63) is 114 Å². The van der Waals surface area contributed by atoms with E-state index in [1.54, 1.807) is 36.8 Å². The molecular weight excluding hydrogens is 454 g/mol. The van der Waals surface area contributed by atoms with E-state index in [1.807, 2.05) is 58.8 Å². The van der Waals surface area contributed by atoms with Gasteiger partial charge in [-0.05, 0) is 47.5 Å². The van der Waals surface area contributed by atoms with Crippen molar-refractivity contribution in [1.29, 1.82) is 0 Å². The van der Waals surface area contributed by atoms with Crippen LogP contribution in [0.15, 0.2) is 85.5 Å². The van der Waals surface area contributed by atoms with E-state index in [4.69, 9.17) is 4.74 Å². The van der Waals surface area contributed by atoms with Crippen molar-refractivity contribution >= 4 is 22.8 Å². The van der Waals surface area contributed by atoms with Gasteiger partial charge in [0.1, 0.15) is 18.8 Å². The zero-order valence-corrected chi connectivity index (χ0v) is 19.7. The number of hydrogen-bond donors (Lipinski definition) is 0. The van der Waals surface area contributed by atoms with E-state index >= 15 is 0 Å². The molecule has 0 atom stereocenters. The molecule has 0 saturated carbocycles. The number of nitrogens with zero attached hydrogens (tertiary/aromatic N) is 5. The van der Waals surface area contributed by atoms with Gasteiger partial charge in [-0.2, -0.15) is 0 Å². The monoisotopic (exact) mass is 477 g/mol. The maximum atomic E-state index is 12.7. The van der Waals surface area contributed by atoms with Crippen LogP contribution >= 0.6 is 0 Å². The third-order valence-electron chi connectivity index (χ3n) is 6.44. The molecule has 8 heteroatoms. The van der Waals surface area contributed by atoms with Crippen molar-refractivity contribution in [2.24, 2.45) is 7.05 Å². The predicted molar refractivity (Wildman–Crippen MR) is 133 cm³/mol. The molecule has 36 heavy (non-hydrogen) atoms. The Labute approximate surface area is 207 Å². The first kappa shape index (κ1) is 21.9. The molecule has 0 unspecified atom stereocenters. The van der Waals surface area contributed by atoms with Gasteiger partial charge >= 0.3 is 0 Å². The van der Waals surface area contributed by atoms with Gasteiger partial charge in [0.2, 0.25) is 0 Å². The summed E-state index contributed by atoms with van der Waals surface area (Å²) in [5.41, 5.74) is 5.51. The molecule has 1 aliphatic heterocycles. The Morgan fingerprint density at radius 1 is 0.833 bits per heavy atom. The highest BCUT2D eigenvalue weighted by Crippen LogP contribution is 2.26. The van der Waals surface area contributed by atoms with Crippen LogP contribution in [0.5, 0.6) is 0 Å². The number of amides is 2. The Hall–Kier alpha value is -4.56. The largest absolute Gasteiger partial charge is 0.369 e. The minimum Gasteiger partial charge on any atom is -0.369 e. The number of hydrogen-bond acceptors (Lipinski definition) is 5. The number of ether oxygens (including phenoxy) is 1. The Morgan fingerprint density at radius 2 is 1.64 bits per heavy atom. The average Bonchev–Trinajstić information content (AvgIpc) is 3.57. The summed E-state index contributed by atoms with van der Waals surface area (Å²) in [4.78, 5) is 35.6. The standard InChI is InChI=1S/C28H23N5O3/c1-31-12-11-29-26(31)17-36-16-20-5-4-6-21(13-20)33-18-30-24-14-19(9-10-25(24)33)15-32-27(34)22-7-2-3-8-23(22)28(32)35/h2-14,18H,15-17H2,1H3. The second-order valence-electron chi connectivity index (χ2n) is 8.80. The van der Waals surface area contributed by atoms with Gasteiger partial charge in [-0.3, -0.25) is 19.1 Å². The number of carbonyl (C=O) groups is 2. The van der Waals surface area contributed by atoms with Crippen LogP contribution in [-0.2, 0) is 31.5 Å². The molecule has 3 heterocycles. The summed E-state index contributed by atoms with van der Waals surface area (Å²) in [6.07, 6.45) is 5.44. The van der Waals surface area contributed by atoms with Gasteiger partial charge in [-0.1, -0.05) is 30.3 Å². The molecule has 5 aromatic rings. The lowest BCUT2D eigenvalue weighted by molar-refractivity contribution is 0.0642. The van der Waals surface area contributed by atoms with Crippen LogP contribution in [0.2, 0.25) is 0 Å². The van der Waals surface area contributed by atoms with Crippen molar-refractivity contribution in [2.45, 2.75) is 19.8 Å². The molecule has 0 spiro atoms. The number of imide groups is 1. The quantitative estimate of drug-likeness (QED) is 0.327. The number of aromatic nitrogens is 4. The maximum absolute atomic E-state index is 12.7. The summed E-state index contributed by atoms with van der Waals surface area (Å²) in [6, 6.07) is 20.9. The van der Waals surface area contributed by atoms with Gasteiger partial charge in [0.05, 0.1) is 35.3 Å². The topological polar surface area (TPSA) is 82.2 Å². The van der Waals surface area contributed by atoms with Gasteiger partial charge < -0.3 is 9.30 Å². The van der Waals surface area contributed by atoms with E-state index in [0.717, 1.165) is 33.7 Å². The van der Waals surface area contributed by atoms with Gasteiger partial charge in [-0.15, -0.1) is 0 Å². The highest BCUT2D eigenvalue weighted by atomic mass is 16.5. The summed E-state index contributed by atoms with van der Waals surface area (Å²) < 4.78 is 9.81. The fourth-order valence-electron chi connectivity index (χ4n) is 4.52. The van der Waals surface area contributed by atoms with Crippen LogP contribution in [0.25, 0.3) is 16.7 Å². The van der Waals surface area contributed by atoms with Gasteiger partial charge in [0, 0.05) is 25.1 Å². The van der Waals surface area contributed by atoms with Crippen molar-refractivity contribution < 1.29 is 14.3 Å². The number of rotatable bonds is 7. The van der Waals surface area contributed by atoms with E-state index in [-0.39, 0.29) is 18.4 Å². The first-order valence-corrected chi connectivity index (χ1v) is 11.6. The molecule has 0 fully saturated rings. The summed E-state index contributed by atoms with van der Waals surface area (Å²) in [5.74, 6) is 0.357. The molecule has 0 radical (unpaired) electrons. The summed E-state index contributed by atoms with van der Waals surface area (Å²) >= 11 is 0. The Bertz CT molecular complexity index is 1580. The van der Waals surface area contributed by atoms with Gasteiger partial charge in [0.15, 0.2) is 0 Å². The van der Waals surface area contributed by atoms with Crippen LogP contribution in [0.1, 0.15) is 37.7 Å². The normalized spacial score (nSPS) is 13.1. The van der Waals surface area contributed by atoms with E-state index in [9.17, 15) is 9.59 Å². The zero-order chi connectivity index (χ0) is 24.6. The molecule has 1 aliphatic rings. The summed E-state index contributed by atoms with van der Waals surface area (Å²) in [5, 5.41) is 0. The van der Waals surface area contributed by atoms with Crippen molar-refractivity contribution in [3.8, 4) is 5.69 Å². The molecule has 0 aliphatic carbocycles. The van der Waals surface area contributed by atoms with E-state index in [2.05, 4.69) is 16.0 Å². The molecular formula is C28H23N5O3. The molecule has 2 amide bonds. The lowest BCUT2D eigenvalue weighted by Crippen LogP contribution is -2.29. The van der Waals surface area contributed by atoms with Crippen molar-refractivity contribution in [3.63, 3.8) is 0 Å². The molecule has 0 N–H and O–H groups in total. The predicted octanol–water partition coefficient (Wildman–Crippen LogP) is 4.27. The first-order chi connectivity index (χ1) is 17.6. The van der Waals surface area contributed by atoms with E-state index < -0.39 is 0 Å². The molecule has 0 bridgehead atoms. The third-order valence-corrected chi connectivity index (χ3v) is 6.44. The highest BCUT2D eigenvalue weighted by molar-refractivity contribution is 6.21.